The molecule has 0 spiro atoms. The van der Waals surface area contributed by atoms with E-state index in [1.807, 2.05) is 12.1 Å². The van der Waals surface area contributed by atoms with Gasteiger partial charge >= 0.3 is 0 Å². The van der Waals surface area contributed by atoms with E-state index in [0.717, 1.165) is 17.3 Å². The molecule has 1 amide bonds. The molecule has 0 atom stereocenters. The molecule has 3 rings (SSSR count). The summed E-state index contributed by atoms with van der Waals surface area (Å²) in [6.45, 7) is 0.288. The quantitative estimate of drug-likeness (QED) is 0.292. The predicted molar refractivity (Wildman–Crippen MR) is 114 cm³/mol. The van der Waals surface area contributed by atoms with E-state index in [4.69, 9.17) is 17.0 Å². The van der Waals surface area contributed by atoms with Crippen molar-refractivity contribution in [3.8, 4) is 11.5 Å². The Kier molecular flexibility index (Phi) is 6.01. The number of thioether (sulfide) groups is 1. The number of phenolic OH excluding ortho intramolecular Hbond substituents is 1. The number of thiocarbonyl (C=S) groups is 1. The number of hydrogen-bond acceptors (Lipinski definition) is 7. The zero-order valence-electron chi connectivity index (χ0n) is 14.4. The smallest absolute Gasteiger partial charge is 0.271 e. The highest BCUT2D eigenvalue weighted by Gasteiger charge is 2.32. The van der Waals surface area contributed by atoms with Gasteiger partial charge in [-0.15, -0.1) is 0 Å². The predicted octanol–water partition coefficient (Wildman–Crippen LogP) is 4.47. The molecule has 144 valence electrons. The summed E-state index contributed by atoms with van der Waals surface area (Å²) in [5, 5.41) is 21.2. The van der Waals surface area contributed by atoms with Crippen molar-refractivity contribution < 1.29 is 19.6 Å². The summed E-state index contributed by atoms with van der Waals surface area (Å²) in [6, 6.07) is 9.66. The van der Waals surface area contributed by atoms with Crippen LogP contribution in [0.1, 0.15) is 11.1 Å². The van der Waals surface area contributed by atoms with Crippen LogP contribution in [0.3, 0.4) is 0 Å². The summed E-state index contributed by atoms with van der Waals surface area (Å²) >= 11 is 9.47. The van der Waals surface area contributed by atoms with Gasteiger partial charge in [-0.1, -0.05) is 36.1 Å². The fraction of sp³-hybridized carbons (Fsp3) is 0.111. The summed E-state index contributed by atoms with van der Waals surface area (Å²) in [5.41, 5.74) is 0.829. The normalized spacial score (nSPS) is 15.4. The standard InChI is InChI=1S/C18H13BrN2O5S2/c1-26-13-4-2-10(3-5-13)9-20-17(23)15(28-18(20)27)7-11-6-12(21(24)25)8-14(19)16(11)22/h2-8,22H,9H2,1H3/b15-7-. The molecule has 1 fully saturated rings. The number of phenols is 1. The third-order valence-electron chi connectivity index (χ3n) is 3.95. The average molecular weight is 481 g/mol. The first-order valence-corrected chi connectivity index (χ1v) is 9.87. The number of nitro benzene ring substituents is 1. The molecule has 0 aliphatic carbocycles. The molecule has 1 saturated heterocycles. The van der Waals surface area contributed by atoms with E-state index in [1.54, 1.807) is 19.2 Å². The number of rotatable bonds is 5. The van der Waals surface area contributed by atoms with Crippen molar-refractivity contribution in [3.05, 3.63) is 67.0 Å². The number of carbonyl (C=O) groups is 1. The number of non-ortho nitro benzene ring substituents is 1. The molecule has 2 aromatic rings. The minimum absolute atomic E-state index is 0.158. The lowest BCUT2D eigenvalue weighted by Gasteiger charge is -2.14. The van der Waals surface area contributed by atoms with E-state index >= 15 is 0 Å². The van der Waals surface area contributed by atoms with Gasteiger partial charge in [0.2, 0.25) is 0 Å². The Morgan fingerprint density at radius 2 is 2.04 bits per heavy atom. The van der Waals surface area contributed by atoms with Crippen LogP contribution >= 0.6 is 39.9 Å². The molecule has 0 unspecified atom stereocenters. The van der Waals surface area contributed by atoms with Crippen LogP contribution in [0.2, 0.25) is 0 Å². The van der Waals surface area contributed by atoms with Gasteiger partial charge < -0.3 is 9.84 Å². The van der Waals surface area contributed by atoms with Gasteiger partial charge in [0.05, 0.1) is 28.0 Å². The number of benzene rings is 2. The van der Waals surface area contributed by atoms with E-state index < -0.39 is 4.92 Å². The van der Waals surface area contributed by atoms with E-state index in [0.29, 0.717) is 10.1 Å². The minimum Gasteiger partial charge on any atom is -0.506 e. The lowest BCUT2D eigenvalue weighted by molar-refractivity contribution is -0.385. The van der Waals surface area contributed by atoms with Gasteiger partial charge in [-0.3, -0.25) is 19.8 Å². The van der Waals surface area contributed by atoms with Gasteiger partial charge in [0.25, 0.3) is 11.6 Å². The molecular weight excluding hydrogens is 468 g/mol. The van der Waals surface area contributed by atoms with Crippen molar-refractivity contribution in [3.63, 3.8) is 0 Å². The molecule has 0 bridgehead atoms. The fourth-order valence-electron chi connectivity index (χ4n) is 2.51. The molecule has 1 aliphatic heterocycles. The Balaban J connectivity index is 1.87. The number of halogens is 1. The van der Waals surface area contributed by atoms with Gasteiger partial charge in [0.15, 0.2) is 0 Å². The third-order valence-corrected chi connectivity index (χ3v) is 5.93. The van der Waals surface area contributed by atoms with Crippen molar-refractivity contribution in [1.82, 2.24) is 4.90 Å². The summed E-state index contributed by atoms with van der Waals surface area (Å²) in [5.74, 6) is 0.194. The van der Waals surface area contributed by atoms with Crippen LogP contribution in [0, 0.1) is 10.1 Å². The molecule has 10 heteroatoms. The highest BCUT2D eigenvalue weighted by atomic mass is 79.9. The van der Waals surface area contributed by atoms with Gasteiger partial charge in [-0.2, -0.15) is 0 Å². The first-order chi connectivity index (χ1) is 13.3. The van der Waals surface area contributed by atoms with E-state index in [9.17, 15) is 20.0 Å². The van der Waals surface area contributed by atoms with Crippen LogP contribution in [0.15, 0.2) is 45.8 Å². The number of nitro groups is 1. The Morgan fingerprint density at radius 1 is 1.36 bits per heavy atom. The average Bonchev–Trinajstić information content (AvgIpc) is 2.93. The van der Waals surface area contributed by atoms with Crippen molar-refractivity contribution in [2.24, 2.45) is 0 Å². The Hall–Kier alpha value is -2.43. The largest absolute Gasteiger partial charge is 0.506 e. The maximum absolute atomic E-state index is 12.8. The second-order valence-corrected chi connectivity index (χ2v) is 8.27. The molecule has 1 N–H and O–H groups in total. The van der Waals surface area contributed by atoms with Crippen molar-refractivity contribution in [2.45, 2.75) is 6.54 Å². The SMILES string of the molecule is COc1ccc(CN2C(=O)/C(=C/c3cc([N+](=O)[O-])cc(Br)c3O)SC2=S)cc1. The maximum atomic E-state index is 12.8. The second-order valence-electron chi connectivity index (χ2n) is 5.74. The molecule has 0 saturated carbocycles. The molecule has 2 aromatic carbocycles. The number of nitrogens with zero attached hydrogens (tertiary/aromatic N) is 2. The van der Waals surface area contributed by atoms with Crippen molar-refractivity contribution in [2.75, 3.05) is 7.11 Å². The van der Waals surface area contributed by atoms with Crippen LogP contribution in [0.5, 0.6) is 11.5 Å². The van der Waals surface area contributed by atoms with E-state index in [2.05, 4.69) is 15.9 Å². The summed E-state index contributed by atoms with van der Waals surface area (Å²) < 4.78 is 5.66. The number of aromatic hydroxyl groups is 1. The van der Waals surface area contributed by atoms with Gasteiger partial charge in [-0.05, 0) is 39.7 Å². The first kappa shape index (κ1) is 20.3. The third kappa shape index (κ3) is 4.18. The molecule has 1 heterocycles. The summed E-state index contributed by atoms with van der Waals surface area (Å²) in [6.07, 6.45) is 1.40. The number of methoxy groups -OCH3 is 1. The first-order valence-electron chi connectivity index (χ1n) is 7.85. The second kappa shape index (κ2) is 8.29. The number of amides is 1. The lowest BCUT2D eigenvalue weighted by atomic mass is 10.1. The topological polar surface area (TPSA) is 92.9 Å². The fourth-order valence-corrected chi connectivity index (χ4v) is 4.22. The van der Waals surface area contributed by atoms with Gasteiger partial charge in [-0.25, -0.2) is 0 Å². The molecule has 7 nitrogen and oxygen atoms in total. The van der Waals surface area contributed by atoms with Crippen molar-refractivity contribution >= 4 is 61.9 Å². The molecule has 0 radical (unpaired) electrons. The van der Waals surface area contributed by atoms with Gasteiger partial charge in [0, 0.05) is 17.7 Å². The molecule has 1 aliphatic rings. The van der Waals surface area contributed by atoms with Crippen LogP contribution in [0.4, 0.5) is 5.69 Å². The molecule has 0 aromatic heterocycles. The van der Waals surface area contributed by atoms with Crippen LogP contribution in [-0.2, 0) is 11.3 Å². The number of ether oxygens (including phenoxy) is 1. The number of carbonyl (C=O) groups excluding carboxylic acids is 1. The highest BCUT2D eigenvalue weighted by molar-refractivity contribution is 9.10. The monoisotopic (exact) mass is 480 g/mol. The Morgan fingerprint density at radius 3 is 2.64 bits per heavy atom. The van der Waals surface area contributed by atoms with Crippen molar-refractivity contribution in [1.29, 1.82) is 0 Å². The zero-order chi connectivity index (χ0) is 20.4. The lowest BCUT2D eigenvalue weighted by Crippen LogP contribution is -2.27. The van der Waals surface area contributed by atoms with Crippen LogP contribution in [0.25, 0.3) is 6.08 Å². The summed E-state index contributed by atoms with van der Waals surface area (Å²) in [4.78, 5) is 25.0. The zero-order valence-corrected chi connectivity index (χ0v) is 17.6. The van der Waals surface area contributed by atoms with Gasteiger partial charge in [0.1, 0.15) is 15.8 Å². The summed E-state index contributed by atoms with van der Waals surface area (Å²) in [7, 11) is 1.57. The highest BCUT2D eigenvalue weighted by Crippen LogP contribution is 2.38. The Labute approximate surface area is 178 Å². The molecular formula is C18H13BrN2O5S2. The Bertz CT molecular complexity index is 1010. The maximum Gasteiger partial charge on any atom is 0.271 e. The number of hydrogen-bond donors (Lipinski definition) is 1. The van der Waals surface area contributed by atoms with Crippen LogP contribution in [-0.4, -0.2) is 32.3 Å². The van der Waals surface area contributed by atoms with E-state index in [1.165, 1.54) is 23.1 Å². The van der Waals surface area contributed by atoms with E-state index in [-0.39, 0.29) is 38.8 Å². The minimum atomic E-state index is -0.573. The molecule has 28 heavy (non-hydrogen) atoms. The van der Waals surface area contributed by atoms with Crippen LogP contribution < -0.4 is 4.74 Å².